The lowest BCUT2D eigenvalue weighted by Gasteiger charge is -2.55. The molecule has 0 bridgehead atoms. The van der Waals surface area contributed by atoms with E-state index < -0.39 is 22.5 Å². The second kappa shape index (κ2) is 6.93. The van der Waals surface area contributed by atoms with Crippen LogP contribution < -0.4 is 16.0 Å². The summed E-state index contributed by atoms with van der Waals surface area (Å²) in [4.78, 5) is 29.8. The number of aryl methyl sites for hydroxylation is 1. The summed E-state index contributed by atoms with van der Waals surface area (Å²) < 4.78 is 5.56. The van der Waals surface area contributed by atoms with E-state index in [9.17, 15) is 14.7 Å². The first-order chi connectivity index (χ1) is 15.8. The fourth-order valence-corrected chi connectivity index (χ4v) is 7.15. The van der Waals surface area contributed by atoms with Crippen LogP contribution in [0.15, 0.2) is 29.1 Å². The zero-order valence-electron chi connectivity index (χ0n) is 19.2. The molecular formula is C26H31N3O4. The highest BCUT2D eigenvalue weighted by atomic mass is 16.5. The number of aliphatic hydroxyl groups is 1. The molecule has 0 spiro atoms. The number of hydrogen-bond acceptors (Lipinski definition) is 5. The average molecular weight is 450 g/mol. The number of rotatable bonds is 5. The Morgan fingerprint density at radius 2 is 2.09 bits per heavy atom. The van der Waals surface area contributed by atoms with Gasteiger partial charge in [0.05, 0.1) is 12.7 Å². The first kappa shape index (κ1) is 20.9. The van der Waals surface area contributed by atoms with Gasteiger partial charge in [0.1, 0.15) is 11.3 Å². The van der Waals surface area contributed by atoms with Gasteiger partial charge in [-0.2, -0.15) is 0 Å². The van der Waals surface area contributed by atoms with Gasteiger partial charge in [-0.1, -0.05) is 6.07 Å². The number of aromatic amines is 1. The van der Waals surface area contributed by atoms with E-state index in [1.165, 1.54) is 12.8 Å². The number of pyridine rings is 1. The number of benzene rings is 1. The summed E-state index contributed by atoms with van der Waals surface area (Å²) in [5, 5.41) is 12.7. The van der Waals surface area contributed by atoms with Crippen molar-refractivity contribution in [3.63, 3.8) is 0 Å². The normalized spacial score (nSPS) is 32.5. The maximum Gasteiger partial charge on any atom is 0.261 e. The van der Waals surface area contributed by atoms with Crippen LogP contribution in [0, 0.1) is 18.8 Å². The van der Waals surface area contributed by atoms with Gasteiger partial charge in [0, 0.05) is 43.1 Å². The number of nitrogens with one attached hydrogen (secondary N) is 1. The highest BCUT2D eigenvalue weighted by Crippen LogP contribution is 2.62. The summed E-state index contributed by atoms with van der Waals surface area (Å²) in [5.41, 5.74) is 7.23. The van der Waals surface area contributed by atoms with Crippen molar-refractivity contribution in [1.82, 2.24) is 9.88 Å². The lowest BCUT2D eigenvalue weighted by molar-refractivity contribution is -0.118. The number of fused-ring (bicyclic) bond motifs is 4. The van der Waals surface area contributed by atoms with Crippen LogP contribution in [0.4, 0.5) is 0 Å². The van der Waals surface area contributed by atoms with Crippen LogP contribution in [-0.4, -0.2) is 52.7 Å². The number of methoxy groups -OCH3 is 1. The van der Waals surface area contributed by atoms with E-state index in [0.29, 0.717) is 18.8 Å². The van der Waals surface area contributed by atoms with Gasteiger partial charge in [0.15, 0.2) is 0 Å². The molecule has 33 heavy (non-hydrogen) atoms. The smallest absolute Gasteiger partial charge is 0.261 e. The van der Waals surface area contributed by atoms with Gasteiger partial charge < -0.3 is 20.6 Å². The van der Waals surface area contributed by atoms with Crippen LogP contribution in [0.5, 0.6) is 5.75 Å². The fourth-order valence-electron chi connectivity index (χ4n) is 7.15. The molecule has 4 aliphatic rings. The average Bonchev–Trinajstić information content (AvgIpc) is 3.54. The van der Waals surface area contributed by atoms with E-state index in [0.717, 1.165) is 53.6 Å². The summed E-state index contributed by atoms with van der Waals surface area (Å²) >= 11 is 0. The van der Waals surface area contributed by atoms with E-state index in [2.05, 4.69) is 28.9 Å². The number of carbonyl (C=O) groups excluding carboxylic acids is 1. The highest BCUT2D eigenvalue weighted by Gasteiger charge is 2.70. The SMILES string of the molecule is COc1ccc(C)c(C23Cc4[nH]c(=O)c(C(N)=O)cc4CC2(O)C2C(CN2CC2CC2)C3)c1. The zero-order chi connectivity index (χ0) is 23.1. The zero-order valence-corrected chi connectivity index (χ0v) is 19.2. The third kappa shape index (κ3) is 2.88. The van der Waals surface area contributed by atoms with Gasteiger partial charge >= 0.3 is 0 Å². The summed E-state index contributed by atoms with van der Waals surface area (Å²) in [5.74, 6) is 1.17. The third-order valence-electron chi connectivity index (χ3n) is 8.81. The molecule has 174 valence electrons. The number of likely N-dealkylation sites (tertiary alicyclic amines) is 1. The predicted octanol–water partition coefficient (Wildman–Crippen LogP) is 1.67. The number of H-pyrrole nitrogens is 1. The van der Waals surface area contributed by atoms with Crippen molar-refractivity contribution in [3.8, 4) is 5.75 Å². The second-order valence-electron chi connectivity index (χ2n) is 10.7. The van der Waals surface area contributed by atoms with E-state index >= 15 is 0 Å². The molecule has 3 aliphatic carbocycles. The number of amides is 1. The summed E-state index contributed by atoms with van der Waals surface area (Å²) in [7, 11) is 1.66. The van der Waals surface area contributed by atoms with Gasteiger partial charge in [-0.05, 0) is 72.9 Å². The highest BCUT2D eigenvalue weighted by molar-refractivity contribution is 5.92. The summed E-state index contributed by atoms with van der Waals surface area (Å²) in [6.07, 6.45) is 4.32. The number of carbonyl (C=O) groups is 1. The third-order valence-corrected chi connectivity index (χ3v) is 8.81. The topological polar surface area (TPSA) is 109 Å². The molecule has 1 aliphatic heterocycles. The summed E-state index contributed by atoms with van der Waals surface area (Å²) in [6.45, 7) is 4.13. The van der Waals surface area contributed by atoms with Crippen molar-refractivity contribution >= 4 is 5.91 Å². The van der Waals surface area contributed by atoms with Crippen molar-refractivity contribution in [2.45, 2.75) is 56.1 Å². The Balaban J connectivity index is 1.53. The van der Waals surface area contributed by atoms with Crippen LogP contribution in [0.25, 0.3) is 0 Å². The largest absolute Gasteiger partial charge is 0.497 e. The van der Waals surface area contributed by atoms with Crippen molar-refractivity contribution in [2.75, 3.05) is 20.2 Å². The molecule has 6 rings (SSSR count). The molecule has 2 heterocycles. The van der Waals surface area contributed by atoms with Crippen LogP contribution in [0.1, 0.15) is 52.0 Å². The Kier molecular flexibility index (Phi) is 4.40. The van der Waals surface area contributed by atoms with Crippen LogP contribution in [0.3, 0.4) is 0 Å². The number of nitrogens with zero attached hydrogens (tertiary/aromatic N) is 1. The molecule has 1 aromatic heterocycles. The van der Waals surface area contributed by atoms with E-state index in [1.54, 1.807) is 13.2 Å². The van der Waals surface area contributed by atoms with Gasteiger partial charge in [-0.3, -0.25) is 14.5 Å². The number of primary amides is 1. The molecule has 7 nitrogen and oxygen atoms in total. The van der Waals surface area contributed by atoms with Crippen molar-refractivity contribution in [3.05, 3.63) is 62.6 Å². The molecular weight excluding hydrogens is 418 g/mol. The minimum atomic E-state index is -1.01. The molecule has 4 atom stereocenters. The Hall–Kier alpha value is -2.64. The van der Waals surface area contributed by atoms with E-state index in [1.807, 2.05) is 6.07 Å². The van der Waals surface area contributed by atoms with E-state index in [-0.39, 0.29) is 11.6 Å². The van der Waals surface area contributed by atoms with Gasteiger partial charge in [0.2, 0.25) is 0 Å². The van der Waals surface area contributed by atoms with Crippen LogP contribution in [-0.2, 0) is 18.3 Å². The van der Waals surface area contributed by atoms with Gasteiger partial charge in [-0.25, -0.2) is 0 Å². The molecule has 1 aromatic carbocycles. The van der Waals surface area contributed by atoms with E-state index in [4.69, 9.17) is 10.5 Å². The Morgan fingerprint density at radius 1 is 1.30 bits per heavy atom. The minimum absolute atomic E-state index is 0.0413. The van der Waals surface area contributed by atoms with Crippen molar-refractivity contribution in [2.24, 2.45) is 17.6 Å². The fraction of sp³-hybridized carbons (Fsp3) is 0.538. The number of hydrogen-bond donors (Lipinski definition) is 3. The lowest BCUT2D eigenvalue weighted by Crippen LogP contribution is -2.68. The Morgan fingerprint density at radius 3 is 2.79 bits per heavy atom. The minimum Gasteiger partial charge on any atom is -0.497 e. The number of ether oxygens (including phenoxy) is 1. The Bertz CT molecular complexity index is 1220. The molecule has 4 N–H and O–H groups in total. The Labute approximate surface area is 192 Å². The lowest BCUT2D eigenvalue weighted by atomic mass is 9.59. The first-order valence-electron chi connectivity index (χ1n) is 11.9. The predicted molar refractivity (Wildman–Crippen MR) is 124 cm³/mol. The quantitative estimate of drug-likeness (QED) is 0.644. The maximum absolute atomic E-state index is 12.7. The van der Waals surface area contributed by atoms with Gasteiger partial charge in [-0.15, -0.1) is 0 Å². The van der Waals surface area contributed by atoms with Crippen molar-refractivity contribution in [1.29, 1.82) is 0 Å². The number of aromatic nitrogens is 1. The molecule has 2 aromatic rings. The van der Waals surface area contributed by atoms with Crippen LogP contribution in [0.2, 0.25) is 0 Å². The molecule has 4 unspecified atom stereocenters. The second-order valence-corrected chi connectivity index (χ2v) is 10.7. The van der Waals surface area contributed by atoms with Gasteiger partial charge in [0.25, 0.3) is 11.5 Å². The standard InChI is InChI=1S/C26H31N3O4/c1-14-3-6-18(33-2)8-20(14)25-9-17-13-29(12-15-4-5-15)22(17)26(25,32)10-16-7-19(23(27)30)24(31)28-21(16)11-25/h3,6-8,15,17,22,32H,4-5,9-13H2,1-2H3,(H2,27,30)(H,28,31). The number of nitrogens with two attached hydrogens (primary N) is 1. The molecule has 7 heteroatoms. The summed E-state index contributed by atoms with van der Waals surface area (Å²) in [6, 6.07) is 7.75. The molecule has 1 saturated heterocycles. The monoisotopic (exact) mass is 449 g/mol. The molecule has 3 fully saturated rings. The maximum atomic E-state index is 12.7. The first-order valence-corrected chi connectivity index (χ1v) is 11.9. The molecule has 2 saturated carbocycles. The van der Waals surface area contributed by atoms with Crippen LogP contribution >= 0.6 is 0 Å². The molecule has 1 amide bonds. The van der Waals surface area contributed by atoms with Crippen molar-refractivity contribution < 1.29 is 14.6 Å². The molecule has 0 radical (unpaired) electrons.